The van der Waals surface area contributed by atoms with Gasteiger partial charge in [-0.25, -0.2) is 4.98 Å². The van der Waals surface area contributed by atoms with Crippen LogP contribution < -0.4 is 5.32 Å². The van der Waals surface area contributed by atoms with Crippen molar-refractivity contribution in [2.75, 3.05) is 51.4 Å². The van der Waals surface area contributed by atoms with Crippen molar-refractivity contribution in [1.82, 2.24) is 9.88 Å². The number of rotatable bonds is 5. The fraction of sp³-hybridized carbons (Fsp3) is 0.529. The van der Waals surface area contributed by atoms with Crippen molar-refractivity contribution in [1.29, 1.82) is 0 Å². The van der Waals surface area contributed by atoms with Gasteiger partial charge >= 0.3 is 0 Å². The predicted molar refractivity (Wildman–Crippen MR) is 92.6 cm³/mol. The van der Waals surface area contributed by atoms with E-state index in [0.717, 1.165) is 26.0 Å². The molecule has 1 fully saturated rings. The second-order valence-electron chi connectivity index (χ2n) is 5.82. The molecule has 2 aliphatic heterocycles. The van der Waals surface area contributed by atoms with Gasteiger partial charge < -0.3 is 19.7 Å². The van der Waals surface area contributed by atoms with Crippen molar-refractivity contribution >= 4 is 23.3 Å². The third-order valence-corrected chi connectivity index (χ3v) is 4.47. The zero-order valence-corrected chi connectivity index (χ0v) is 14.3. The topological polar surface area (TPSA) is 63.7 Å². The summed E-state index contributed by atoms with van der Waals surface area (Å²) in [5.74, 6) is 0.564. The van der Waals surface area contributed by atoms with E-state index in [0.29, 0.717) is 49.3 Å². The highest BCUT2D eigenvalue weighted by molar-refractivity contribution is 6.33. The number of nitrogens with zero attached hydrogens (tertiary/aromatic N) is 2. The van der Waals surface area contributed by atoms with E-state index in [-0.39, 0.29) is 5.91 Å². The summed E-state index contributed by atoms with van der Waals surface area (Å²) < 4.78 is 10.6. The van der Waals surface area contributed by atoms with Crippen LogP contribution in [0.15, 0.2) is 23.9 Å². The monoisotopic (exact) mass is 351 g/mol. The van der Waals surface area contributed by atoms with Gasteiger partial charge in [0.1, 0.15) is 5.82 Å². The van der Waals surface area contributed by atoms with Crippen molar-refractivity contribution in [3.63, 3.8) is 0 Å². The van der Waals surface area contributed by atoms with Gasteiger partial charge in [0.2, 0.25) is 0 Å². The summed E-state index contributed by atoms with van der Waals surface area (Å²) >= 11 is 6.28. The van der Waals surface area contributed by atoms with Crippen molar-refractivity contribution < 1.29 is 14.3 Å². The lowest BCUT2D eigenvalue weighted by atomic mass is 10.1. The molecule has 1 aromatic rings. The normalized spacial score (nSPS) is 18.2. The van der Waals surface area contributed by atoms with Gasteiger partial charge in [-0.05, 0) is 18.9 Å². The van der Waals surface area contributed by atoms with E-state index < -0.39 is 0 Å². The van der Waals surface area contributed by atoms with E-state index in [9.17, 15) is 4.79 Å². The molecule has 7 heteroatoms. The fourth-order valence-corrected chi connectivity index (χ4v) is 3.00. The number of amides is 1. The molecule has 130 valence electrons. The number of morpholine rings is 1. The quantitative estimate of drug-likeness (QED) is 0.825. The molecule has 1 saturated heterocycles. The summed E-state index contributed by atoms with van der Waals surface area (Å²) in [6.07, 6.45) is 5.63. The molecule has 24 heavy (non-hydrogen) atoms. The third kappa shape index (κ3) is 4.47. The molecule has 0 saturated carbocycles. The van der Waals surface area contributed by atoms with E-state index in [1.54, 1.807) is 17.2 Å². The lowest BCUT2D eigenvalue weighted by Gasteiger charge is -2.26. The highest BCUT2D eigenvalue weighted by Crippen LogP contribution is 2.22. The number of carbonyl (C=O) groups excluding carboxylic acids is 1. The molecule has 1 N–H and O–H groups in total. The number of anilines is 1. The molecule has 0 aromatic carbocycles. The van der Waals surface area contributed by atoms with E-state index in [1.807, 2.05) is 0 Å². The van der Waals surface area contributed by atoms with Crippen LogP contribution in [0, 0.1) is 0 Å². The van der Waals surface area contributed by atoms with Crippen LogP contribution in [0.25, 0.3) is 0 Å². The number of halogens is 1. The van der Waals surface area contributed by atoms with Crippen molar-refractivity contribution in [2.24, 2.45) is 0 Å². The molecule has 0 unspecified atom stereocenters. The Labute approximate surface area is 146 Å². The highest BCUT2D eigenvalue weighted by atomic mass is 35.5. The van der Waals surface area contributed by atoms with Crippen LogP contribution in [0.4, 0.5) is 5.82 Å². The first-order chi connectivity index (χ1) is 11.7. The van der Waals surface area contributed by atoms with Crippen LogP contribution >= 0.6 is 11.6 Å². The average Bonchev–Trinajstić information content (AvgIpc) is 2.64. The molecule has 0 radical (unpaired) electrons. The Bertz CT molecular complexity index is 615. The standard InChI is InChI=1S/C17H22ClN3O3/c18-15-11-14(17(22)21-5-9-24-10-6-21)12-20-16(15)19-4-1-13-2-7-23-8-3-13/h2,11-12H,1,3-10H2,(H,19,20). The van der Waals surface area contributed by atoms with Crippen LogP contribution in [-0.4, -0.2) is 61.9 Å². The van der Waals surface area contributed by atoms with E-state index in [2.05, 4.69) is 16.4 Å². The Morgan fingerprint density at radius 1 is 1.29 bits per heavy atom. The molecule has 2 aliphatic rings. The molecular weight excluding hydrogens is 330 g/mol. The van der Waals surface area contributed by atoms with Gasteiger partial charge in [-0.15, -0.1) is 0 Å². The maximum Gasteiger partial charge on any atom is 0.255 e. The number of hydrogen-bond donors (Lipinski definition) is 1. The zero-order valence-electron chi connectivity index (χ0n) is 13.6. The fourth-order valence-electron chi connectivity index (χ4n) is 2.77. The van der Waals surface area contributed by atoms with E-state index in [4.69, 9.17) is 21.1 Å². The van der Waals surface area contributed by atoms with Gasteiger partial charge in [-0.1, -0.05) is 23.3 Å². The molecule has 0 bridgehead atoms. The average molecular weight is 352 g/mol. The predicted octanol–water partition coefficient (Wildman–Crippen LogP) is 2.36. The second-order valence-corrected chi connectivity index (χ2v) is 6.23. The Kier molecular flexibility index (Phi) is 6.07. The zero-order chi connectivity index (χ0) is 16.8. The van der Waals surface area contributed by atoms with Gasteiger partial charge in [0.15, 0.2) is 0 Å². The SMILES string of the molecule is O=C(c1cnc(NCCC2=CCOCC2)c(Cl)c1)N1CCOCC1. The summed E-state index contributed by atoms with van der Waals surface area (Å²) in [5.41, 5.74) is 1.91. The number of hydrogen-bond acceptors (Lipinski definition) is 5. The van der Waals surface area contributed by atoms with Crippen LogP contribution in [0.5, 0.6) is 0 Å². The van der Waals surface area contributed by atoms with Crippen LogP contribution in [0.1, 0.15) is 23.2 Å². The Morgan fingerprint density at radius 2 is 2.12 bits per heavy atom. The first-order valence-corrected chi connectivity index (χ1v) is 8.64. The first-order valence-electron chi connectivity index (χ1n) is 8.26. The van der Waals surface area contributed by atoms with Crippen molar-refractivity contribution in [2.45, 2.75) is 12.8 Å². The lowest BCUT2D eigenvalue weighted by Crippen LogP contribution is -2.40. The van der Waals surface area contributed by atoms with Crippen molar-refractivity contribution in [3.05, 3.63) is 34.5 Å². The molecule has 1 aromatic heterocycles. The largest absolute Gasteiger partial charge is 0.378 e. The molecule has 0 aliphatic carbocycles. The van der Waals surface area contributed by atoms with Gasteiger partial charge in [-0.3, -0.25) is 4.79 Å². The van der Waals surface area contributed by atoms with E-state index >= 15 is 0 Å². The van der Waals surface area contributed by atoms with Gasteiger partial charge in [0.25, 0.3) is 5.91 Å². The van der Waals surface area contributed by atoms with Gasteiger partial charge in [0.05, 0.1) is 37.0 Å². The maximum absolute atomic E-state index is 12.4. The van der Waals surface area contributed by atoms with Crippen LogP contribution in [-0.2, 0) is 9.47 Å². The maximum atomic E-state index is 12.4. The Morgan fingerprint density at radius 3 is 2.83 bits per heavy atom. The Balaban J connectivity index is 1.55. The number of nitrogens with one attached hydrogen (secondary N) is 1. The minimum Gasteiger partial charge on any atom is -0.378 e. The third-order valence-electron chi connectivity index (χ3n) is 4.18. The summed E-state index contributed by atoms with van der Waals surface area (Å²) in [7, 11) is 0. The summed E-state index contributed by atoms with van der Waals surface area (Å²) in [5, 5.41) is 3.70. The molecule has 0 atom stereocenters. The second kappa shape index (κ2) is 8.46. The van der Waals surface area contributed by atoms with Crippen molar-refractivity contribution in [3.8, 4) is 0 Å². The number of aromatic nitrogens is 1. The number of ether oxygens (including phenoxy) is 2. The molecule has 6 nitrogen and oxygen atoms in total. The van der Waals surface area contributed by atoms with E-state index in [1.165, 1.54) is 5.57 Å². The minimum absolute atomic E-state index is 0.0494. The summed E-state index contributed by atoms with van der Waals surface area (Å²) in [6, 6.07) is 1.68. The molecule has 3 rings (SSSR count). The first kappa shape index (κ1) is 17.2. The van der Waals surface area contributed by atoms with Gasteiger partial charge in [-0.2, -0.15) is 0 Å². The Hall–Kier alpha value is -1.63. The number of carbonyl (C=O) groups is 1. The van der Waals surface area contributed by atoms with Gasteiger partial charge in [0, 0.05) is 25.8 Å². The minimum atomic E-state index is -0.0494. The highest BCUT2D eigenvalue weighted by Gasteiger charge is 2.19. The summed E-state index contributed by atoms with van der Waals surface area (Å²) in [4.78, 5) is 18.5. The van der Waals surface area contributed by atoms with Crippen LogP contribution in [0.2, 0.25) is 5.02 Å². The molecule has 3 heterocycles. The molecular formula is C17H22ClN3O3. The lowest BCUT2D eigenvalue weighted by molar-refractivity contribution is 0.0302. The molecule has 1 amide bonds. The molecule has 0 spiro atoms. The number of pyridine rings is 1. The summed E-state index contributed by atoms with van der Waals surface area (Å²) in [6.45, 7) is 4.62. The smallest absolute Gasteiger partial charge is 0.255 e. The van der Waals surface area contributed by atoms with Crippen LogP contribution in [0.3, 0.4) is 0 Å².